The van der Waals surface area contributed by atoms with Crippen LogP contribution in [0.5, 0.6) is 0 Å². The SMILES string of the molecule is O=C(NCCCl)c1sccc1I. The molecular weight excluding hydrogens is 309 g/mol. The highest BCUT2D eigenvalue weighted by atomic mass is 127. The summed E-state index contributed by atoms with van der Waals surface area (Å²) >= 11 is 9.02. The summed E-state index contributed by atoms with van der Waals surface area (Å²) in [6, 6.07) is 1.92. The smallest absolute Gasteiger partial charge is 0.262 e. The molecule has 0 unspecified atom stereocenters. The van der Waals surface area contributed by atoms with Crippen LogP contribution >= 0.6 is 45.5 Å². The van der Waals surface area contributed by atoms with Gasteiger partial charge in [0.2, 0.25) is 0 Å². The molecule has 0 saturated carbocycles. The van der Waals surface area contributed by atoms with E-state index in [2.05, 4.69) is 27.9 Å². The highest BCUT2D eigenvalue weighted by Gasteiger charge is 2.09. The van der Waals surface area contributed by atoms with Crippen molar-refractivity contribution >= 4 is 51.4 Å². The van der Waals surface area contributed by atoms with Crippen LogP contribution in [0.4, 0.5) is 0 Å². The van der Waals surface area contributed by atoms with Crippen molar-refractivity contribution in [2.45, 2.75) is 0 Å². The molecule has 0 aliphatic heterocycles. The van der Waals surface area contributed by atoms with E-state index in [1.165, 1.54) is 11.3 Å². The molecule has 0 spiro atoms. The van der Waals surface area contributed by atoms with Crippen LogP contribution in [0.2, 0.25) is 0 Å². The molecule has 0 aliphatic carbocycles. The molecule has 0 aliphatic rings. The highest BCUT2D eigenvalue weighted by Crippen LogP contribution is 2.18. The molecule has 0 fully saturated rings. The lowest BCUT2D eigenvalue weighted by molar-refractivity contribution is 0.0959. The molecule has 1 N–H and O–H groups in total. The molecule has 0 aromatic carbocycles. The maximum atomic E-state index is 11.3. The predicted molar refractivity (Wildman–Crippen MR) is 60.1 cm³/mol. The second kappa shape index (κ2) is 5.04. The van der Waals surface area contributed by atoms with E-state index in [1.54, 1.807) is 0 Å². The topological polar surface area (TPSA) is 29.1 Å². The van der Waals surface area contributed by atoms with Gasteiger partial charge in [-0.25, -0.2) is 0 Å². The van der Waals surface area contributed by atoms with Gasteiger partial charge in [0.25, 0.3) is 5.91 Å². The lowest BCUT2D eigenvalue weighted by atomic mass is 10.4. The van der Waals surface area contributed by atoms with Gasteiger partial charge in [-0.15, -0.1) is 22.9 Å². The lowest BCUT2D eigenvalue weighted by Crippen LogP contribution is -2.24. The zero-order chi connectivity index (χ0) is 8.97. The number of halogens is 2. The number of thiophene rings is 1. The highest BCUT2D eigenvalue weighted by molar-refractivity contribution is 14.1. The van der Waals surface area contributed by atoms with Crippen molar-refractivity contribution in [1.82, 2.24) is 5.32 Å². The van der Waals surface area contributed by atoms with Gasteiger partial charge in [0.1, 0.15) is 4.88 Å². The van der Waals surface area contributed by atoms with Crippen LogP contribution < -0.4 is 5.32 Å². The van der Waals surface area contributed by atoms with Gasteiger partial charge in [-0.1, -0.05) is 0 Å². The molecule has 1 heterocycles. The zero-order valence-electron chi connectivity index (χ0n) is 6.14. The van der Waals surface area contributed by atoms with Crippen molar-refractivity contribution in [2.75, 3.05) is 12.4 Å². The monoisotopic (exact) mass is 315 g/mol. The molecule has 2 nitrogen and oxygen atoms in total. The van der Waals surface area contributed by atoms with Gasteiger partial charge in [0.05, 0.1) is 0 Å². The fourth-order valence-electron chi connectivity index (χ4n) is 0.697. The molecular formula is C7H7ClINOS. The Kier molecular flexibility index (Phi) is 4.31. The average Bonchev–Trinajstić information content (AvgIpc) is 2.47. The number of rotatable bonds is 3. The van der Waals surface area contributed by atoms with Crippen molar-refractivity contribution < 1.29 is 4.79 Å². The van der Waals surface area contributed by atoms with Crippen molar-refractivity contribution in [1.29, 1.82) is 0 Å². The van der Waals surface area contributed by atoms with Crippen molar-refractivity contribution in [3.05, 3.63) is 19.9 Å². The number of nitrogens with one attached hydrogen (secondary N) is 1. The minimum absolute atomic E-state index is 0.0324. The molecule has 1 amide bonds. The zero-order valence-corrected chi connectivity index (χ0v) is 9.87. The molecule has 0 saturated heterocycles. The summed E-state index contributed by atoms with van der Waals surface area (Å²) in [5.74, 6) is 0.420. The summed E-state index contributed by atoms with van der Waals surface area (Å²) in [5.41, 5.74) is 0. The van der Waals surface area contributed by atoms with Crippen LogP contribution in [0.3, 0.4) is 0 Å². The largest absolute Gasteiger partial charge is 0.350 e. The van der Waals surface area contributed by atoms with Crippen LogP contribution in [-0.4, -0.2) is 18.3 Å². The molecule has 66 valence electrons. The Bertz CT molecular complexity index is 276. The number of amides is 1. The van der Waals surface area contributed by atoms with E-state index in [-0.39, 0.29) is 5.91 Å². The Labute approximate surface area is 93.4 Å². The molecule has 5 heteroatoms. The first-order valence-corrected chi connectivity index (χ1v) is 5.82. The van der Waals surface area contributed by atoms with E-state index < -0.39 is 0 Å². The minimum Gasteiger partial charge on any atom is -0.350 e. The number of alkyl halides is 1. The van der Waals surface area contributed by atoms with Crippen LogP contribution in [0.1, 0.15) is 9.67 Å². The van der Waals surface area contributed by atoms with E-state index in [0.717, 1.165) is 8.45 Å². The first-order valence-electron chi connectivity index (χ1n) is 3.33. The fraction of sp³-hybridized carbons (Fsp3) is 0.286. The van der Waals surface area contributed by atoms with E-state index in [4.69, 9.17) is 11.6 Å². The quantitative estimate of drug-likeness (QED) is 0.673. The second-order valence-corrected chi connectivity index (χ2v) is 4.50. The molecule has 1 aromatic rings. The van der Waals surface area contributed by atoms with Gasteiger partial charge in [0, 0.05) is 16.0 Å². The summed E-state index contributed by atoms with van der Waals surface area (Å²) in [7, 11) is 0. The lowest BCUT2D eigenvalue weighted by Gasteiger charge is -1.99. The summed E-state index contributed by atoms with van der Waals surface area (Å²) in [6.07, 6.45) is 0. The number of carbonyl (C=O) groups is 1. The molecule has 12 heavy (non-hydrogen) atoms. The maximum Gasteiger partial charge on any atom is 0.262 e. The van der Waals surface area contributed by atoms with Crippen LogP contribution in [0.25, 0.3) is 0 Å². The number of carbonyl (C=O) groups excluding carboxylic acids is 1. The predicted octanol–water partition coefficient (Wildman–Crippen LogP) is 2.32. The normalized spacial score (nSPS) is 9.83. The third kappa shape index (κ3) is 2.60. The van der Waals surface area contributed by atoms with E-state index >= 15 is 0 Å². The Balaban J connectivity index is 2.59. The van der Waals surface area contributed by atoms with Gasteiger partial charge in [-0.3, -0.25) is 4.79 Å². The molecule has 1 aromatic heterocycles. The second-order valence-electron chi connectivity index (χ2n) is 2.04. The first-order chi connectivity index (χ1) is 5.75. The van der Waals surface area contributed by atoms with E-state index in [9.17, 15) is 4.79 Å². The average molecular weight is 316 g/mol. The van der Waals surface area contributed by atoms with Crippen LogP contribution in [0.15, 0.2) is 11.4 Å². The third-order valence-corrected chi connectivity index (χ3v) is 3.57. The third-order valence-electron chi connectivity index (χ3n) is 1.20. The van der Waals surface area contributed by atoms with Gasteiger partial charge in [0.15, 0.2) is 0 Å². The van der Waals surface area contributed by atoms with Gasteiger partial charge in [-0.2, -0.15) is 0 Å². The van der Waals surface area contributed by atoms with Gasteiger partial charge >= 0.3 is 0 Å². The maximum absolute atomic E-state index is 11.3. The number of hydrogen-bond acceptors (Lipinski definition) is 2. The molecule has 0 atom stereocenters. The fourth-order valence-corrected chi connectivity index (χ4v) is 2.54. The van der Waals surface area contributed by atoms with Crippen molar-refractivity contribution in [2.24, 2.45) is 0 Å². The first kappa shape index (κ1) is 10.3. The molecule has 1 rings (SSSR count). The standard InChI is InChI=1S/C7H7ClINOS/c8-2-3-10-7(11)6-5(9)1-4-12-6/h1,4H,2-3H2,(H,10,11). The Hall–Kier alpha value is 0.190. The Morgan fingerprint density at radius 1 is 1.75 bits per heavy atom. The summed E-state index contributed by atoms with van der Waals surface area (Å²) in [6.45, 7) is 0.522. The minimum atomic E-state index is -0.0324. The summed E-state index contributed by atoms with van der Waals surface area (Å²) in [4.78, 5) is 12.1. The van der Waals surface area contributed by atoms with E-state index in [0.29, 0.717) is 12.4 Å². The Morgan fingerprint density at radius 2 is 2.50 bits per heavy atom. The van der Waals surface area contributed by atoms with Crippen molar-refractivity contribution in [3.63, 3.8) is 0 Å². The van der Waals surface area contributed by atoms with Crippen LogP contribution in [-0.2, 0) is 0 Å². The van der Waals surface area contributed by atoms with Crippen molar-refractivity contribution in [3.8, 4) is 0 Å². The molecule has 0 bridgehead atoms. The summed E-state index contributed by atoms with van der Waals surface area (Å²) in [5, 5.41) is 4.61. The summed E-state index contributed by atoms with van der Waals surface area (Å²) < 4.78 is 0.990. The number of hydrogen-bond donors (Lipinski definition) is 1. The van der Waals surface area contributed by atoms with Gasteiger partial charge in [-0.05, 0) is 34.0 Å². The Morgan fingerprint density at radius 3 is 3.00 bits per heavy atom. The molecule has 0 radical (unpaired) electrons. The van der Waals surface area contributed by atoms with Gasteiger partial charge < -0.3 is 5.32 Å². The van der Waals surface area contributed by atoms with Crippen LogP contribution in [0, 0.1) is 3.57 Å². The van der Waals surface area contributed by atoms with E-state index in [1.807, 2.05) is 11.4 Å².